The number of ether oxygens (including phenoxy) is 1. The number of para-hydroxylation sites is 1. The molecule has 2 aromatic carbocycles. The third-order valence-electron chi connectivity index (χ3n) is 5.69. The number of benzene rings is 2. The SMILES string of the molecule is O=C(CN1C(=O)c2cccc([N+](=O)[O-])c2C1=O)N1CCN(CCOc2ccccc2Cl)CC1. The van der Waals surface area contributed by atoms with Gasteiger partial charge < -0.3 is 9.64 Å². The minimum atomic E-state index is -0.814. The summed E-state index contributed by atoms with van der Waals surface area (Å²) in [5, 5.41) is 11.8. The molecular weight excluding hydrogens is 452 g/mol. The number of hydrogen-bond donors (Lipinski definition) is 0. The zero-order chi connectivity index (χ0) is 23.5. The molecule has 0 aliphatic carbocycles. The minimum Gasteiger partial charge on any atom is -0.491 e. The first-order valence-corrected chi connectivity index (χ1v) is 10.8. The van der Waals surface area contributed by atoms with Crippen LogP contribution in [0.15, 0.2) is 42.5 Å². The number of carbonyl (C=O) groups excluding carboxylic acids is 3. The van der Waals surface area contributed by atoms with E-state index in [4.69, 9.17) is 16.3 Å². The van der Waals surface area contributed by atoms with Crippen LogP contribution in [0, 0.1) is 10.1 Å². The van der Waals surface area contributed by atoms with Crippen molar-refractivity contribution in [1.82, 2.24) is 14.7 Å². The van der Waals surface area contributed by atoms with Crippen LogP contribution in [0.2, 0.25) is 5.02 Å². The Morgan fingerprint density at radius 2 is 1.76 bits per heavy atom. The number of halogens is 1. The maximum absolute atomic E-state index is 12.7. The summed E-state index contributed by atoms with van der Waals surface area (Å²) in [6, 6.07) is 11.1. The summed E-state index contributed by atoms with van der Waals surface area (Å²) in [4.78, 5) is 53.0. The molecule has 33 heavy (non-hydrogen) atoms. The fourth-order valence-corrected chi connectivity index (χ4v) is 4.10. The monoisotopic (exact) mass is 472 g/mol. The molecule has 0 atom stereocenters. The molecule has 172 valence electrons. The highest BCUT2D eigenvalue weighted by molar-refractivity contribution is 6.32. The number of rotatable bonds is 7. The summed E-state index contributed by atoms with van der Waals surface area (Å²) < 4.78 is 5.70. The number of amides is 3. The van der Waals surface area contributed by atoms with Gasteiger partial charge in [-0.05, 0) is 18.2 Å². The van der Waals surface area contributed by atoms with E-state index in [2.05, 4.69) is 4.90 Å². The van der Waals surface area contributed by atoms with Crippen LogP contribution in [0.5, 0.6) is 5.75 Å². The van der Waals surface area contributed by atoms with Crippen molar-refractivity contribution >= 4 is 35.0 Å². The Morgan fingerprint density at radius 1 is 1.03 bits per heavy atom. The van der Waals surface area contributed by atoms with E-state index in [0.717, 1.165) is 4.90 Å². The van der Waals surface area contributed by atoms with Crippen molar-refractivity contribution in [2.24, 2.45) is 0 Å². The first-order valence-electron chi connectivity index (χ1n) is 10.4. The zero-order valence-corrected chi connectivity index (χ0v) is 18.4. The van der Waals surface area contributed by atoms with Crippen molar-refractivity contribution < 1.29 is 24.0 Å². The third kappa shape index (κ3) is 4.67. The van der Waals surface area contributed by atoms with Gasteiger partial charge in [0.2, 0.25) is 5.91 Å². The summed E-state index contributed by atoms with van der Waals surface area (Å²) in [6.45, 7) is 2.78. The average molecular weight is 473 g/mol. The fourth-order valence-electron chi connectivity index (χ4n) is 3.91. The Kier molecular flexibility index (Phi) is 6.57. The molecule has 4 rings (SSSR count). The van der Waals surface area contributed by atoms with Crippen LogP contribution >= 0.6 is 11.6 Å². The highest BCUT2D eigenvalue weighted by atomic mass is 35.5. The van der Waals surface area contributed by atoms with E-state index in [1.807, 2.05) is 12.1 Å². The molecule has 1 fully saturated rings. The minimum absolute atomic E-state index is 0.0506. The van der Waals surface area contributed by atoms with Crippen LogP contribution in [0.25, 0.3) is 0 Å². The molecule has 2 heterocycles. The van der Waals surface area contributed by atoms with E-state index in [9.17, 15) is 24.5 Å². The number of hydrogen-bond acceptors (Lipinski definition) is 7. The number of imide groups is 1. The lowest BCUT2D eigenvalue weighted by atomic mass is 10.1. The Hall–Kier alpha value is -3.50. The quantitative estimate of drug-likeness (QED) is 0.344. The molecule has 0 spiro atoms. The van der Waals surface area contributed by atoms with Crippen molar-refractivity contribution in [3.8, 4) is 5.75 Å². The predicted octanol–water partition coefficient (Wildman–Crippen LogP) is 2.07. The lowest BCUT2D eigenvalue weighted by Gasteiger charge is -2.35. The zero-order valence-electron chi connectivity index (χ0n) is 17.6. The van der Waals surface area contributed by atoms with Gasteiger partial charge in [0, 0.05) is 38.8 Å². The number of fused-ring (bicyclic) bond motifs is 1. The standard InChI is InChI=1S/C22H21ClN4O6/c23-16-5-1-2-7-18(16)33-13-12-24-8-10-25(11-9-24)19(28)14-26-21(29)15-4-3-6-17(27(31)32)20(15)22(26)30/h1-7H,8-14H2. The molecule has 0 bridgehead atoms. The van der Waals surface area contributed by atoms with Gasteiger partial charge in [-0.15, -0.1) is 0 Å². The second-order valence-corrected chi connectivity index (χ2v) is 8.06. The van der Waals surface area contributed by atoms with E-state index in [1.165, 1.54) is 18.2 Å². The first kappa shape index (κ1) is 22.7. The molecule has 0 saturated carbocycles. The van der Waals surface area contributed by atoms with Gasteiger partial charge in [0.1, 0.15) is 24.5 Å². The Balaban J connectivity index is 1.28. The summed E-state index contributed by atoms with van der Waals surface area (Å²) in [7, 11) is 0. The van der Waals surface area contributed by atoms with Gasteiger partial charge in [0.25, 0.3) is 17.5 Å². The Bertz CT molecular complexity index is 1120. The summed E-state index contributed by atoms with van der Waals surface area (Å²) in [5.74, 6) is -1.26. The maximum Gasteiger partial charge on any atom is 0.282 e. The van der Waals surface area contributed by atoms with Crippen LogP contribution in [-0.2, 0) is 4.79 Å². The number of nitrogens with zero attached hydrogens (tertiary/aromatic N) is 4. The van der Waals surface area contributed by atoms with Crippen molar-refractivity contribution in [2.45, 2.75) is 0 Å². The molecule has 0 radical (unpaired) electrons. The lowest BCUT2D eigenvalue weighted by molar-refractivity contribution is -0.385. The van der Waals surface area contributed by atoms with Crippen LogP contribution in [-0.4, -0.2) is 83.2 Å². The molecule has 1 saturated heterocycles. The van der Waals surface area contributed by atoms with Crippen LogP contribution in [0.3, 0.4) is 0 Å². The molecule has 10 nitrogen and oxygen atoms in total. The Morgan fingerprint density at radius 3 is 2.45 bits per heavy atom. The smallest absolute Gasteiger partial charge is 0.282 e. The van der Waals surface area contributed by atoms with Crippen molar-refractivity contribution in [1.29, 1.82) is 0 Å². The van der Waals surface area contributed by atoms with E-state index in [1.54, 1.807) is 17.0 Å². The highest BCUT2D eigenvalue weighted by Crippen LogP contribution is 2.30. The molecule has 0 N–H and O–H groups in total. The molecule has 0 unspecified atom stereocenters. The maximum atomic E-state index is 12.7. The topological polar surface area (TPSA) is 113 Å². The van der Waals surface area contributed by atoms with Crippen LogP contribution in [0.4, 0.5) is 5.69 Å². The van der Waals surface area contributed by atoms with Crippen molar-refractivity contribution in [3.63, 3.8) is 0 Å². The largest absolute Gasteiger partial charge is 0.491 e. The van der Waals surface area contributed by atoms with Gasteiger partial charge in [-0.1, -0.05) is 29.8 Å². The molecule has 3 amide bonds. The fraction of sp³-hybridized carbons (Fsp3) is 0.318. The van der Waals surface area contributed by atoms with E-state index in [0.29, 0.717) is 50.1 Å². The van der Waals surface area contributed by atoms with Gasteiger partial charge in [-0.25, -0.2) is 0 Å². The number of nitro groups is 1. The van der Waals surface area contributed by atoms with Crippen molar-refractivity contribution in [2.75, 3.05) is 45.9 Å². The molecule has 0 aromatic heterocycles. The van der Waals surface area contributed by atoms with Crippen LogP contribution in [0.1, 0.15) is 20.7 Å². The third-order valence-corrected chi connectivity index (χ3v) is 6.01. The molecular formula is C22H21ClN4O6. The molecule has 11 heteroatoms. The average Bonchev–Trinajstić information content (AvgIpc) is 3.05. The van der Waals surface area contributed by atoms with Gasteiger partial charge in [-0.3, -0.25) is 34.3 Å². The van der Waals surface area contributed by atoms with E-state index < -0.39 is 29.0 Å². The highest BCUT2D eigenvalue weighted by Gasteiger charge is 2.42. The van der Waals surface area contributed by atoms with Crippen LogP contribution < -0.4 is 4.74 Å². The second-order valence-electron chi connectivity index (χ2n) is 7.65. The van der Waals surface area contributed by atoms with E-state index >= 15 is 0 Å². The van der Waals surface area contributed by atoms with Gasteiger partial charge >= 0.3 is 0 Å². The van der Waals surface area contributed by atoms with E-state index in [-0.39, 0.29) is 17.0 Å². The second kappa shape index (κ2) is 9.55. The Labute approximate surface area is 194 Å². The lowest BCUT2D eigenvalue weighted by Crippen LogP contribution is -2.52. The summed E-state index contributed by atoms with van der Waals surface area (Å²) in [5.41, 5.74) is -0.748. The van der Waals surface area contributed by atoms with Gasteiger partial charge in [0.05, 0.1) is 15.5 Å². The predicted molar refractivity (Wildman–Crippen MR) is 118 cm³/mol. The normalized spacial score (nSPS) is 16.2. The number of carbonyl (C=O) groups is 3. The van der Waals surface area contributed by atoms with Gasteiger partial charge in [0.15, 0.2) is 0 Å². The summed E-state index contributed by atoms with van der Waals surface area (Å²) in [6.07, 6.45) is 0. The molecule has 2 aliphatic rings. The molecule has 2 aromatic rings. The summed E-state index contributed by atoms with van der Waals surface area (Å²) >= 11 is 6.08. The molecule has 2 aliphatic heterocycles. The first-order chi connectivity index (χ1) is 15.9. The van der Waals surface area contributed by atoms with Crippen molar-refractivity contribution in [3.05, 3.63) is 68.7 Å². The number of nitro benzene ring substituents is 1. The number of piperazine rings is 1. The van der Waals surface area contributed by atoms with Gasteiger partial charge in [-0.2, -0.15) is 0 Å².